The average Bonchev–Trinajstić information content (AvgIpc) is 2.93. The minimum absolute atomic E-state index is 0.504. The second kappa shape index (κ2) is 4.01. The van der Waals surface area contributed by atoms with Crippen molar-refractivity contribution in [2.75, 3.05) is 18.3 Å². The van der Waals surface area contributed by atoms with Gasteiger partial charge in [0, 0.05) is 4.47 Å². The van der Waals surface area contributed by atoms with Gasteiger partial charge in [-0.2, -0.15) is 0 Å². The molecule has 0 aliphatic carbocycles. The maximum absolute atomic E-state index is 10.9. The molecule has 1 aromatic heterocycles. The SMILES string of the molecule is O=CN1CNCN1c1nc2ccc(Br)cc2[nH]1. The molecule has 1 fully saturated rings. The highest BCUT2D eigenvalue weighted by molar-refractivity contribution is 9.10. The summed E-state index contributed by atoms with van der Waals surface area (Å²) >= 11 is 3.41. The summed E-state index contributed by atoms with van der Waals surface area (Å²) in [6.07, 6.45) is 0.781. The van der Waals surface area contributed by atoms with Gasteiger partial charge in [0.2, 0.25) is 12.4 Å². The Hall–Kier alpha value is -1.60. The molecule has 1 saturated heterocycles. The van der Waals surface area contributed by atoms with Gasteiger partial charge in [-0.25, -0.2) is 15.0 Å². The van der Waals surface area contributed by atoms with Crippen LogP contribution in [0.25, 0.3) is 11.0 Å². The van der Waals surface area contributed by atoms with Gasteiger partial charge in [0.15, 0.2) is 0 Å². The number of hydrazine groups is 1. The number of anilines is 1. The van der Waals surface area contributed by atoms with Crippen LogP contribution in [0.15, 0.2) is 22.7 Å². The first-order valence-electron chi connectivity index (χ1n) is 5.13. The molecule has 2 aromatic rings. The number of hydrogen-bond acceptors (Lipinski definition) is 4. The minimum Gasteiger partial charge on any atom is -0.322 e. The molecule has 7 heteroatoms. The second-order valence-corrected chi connectivity index (χ2v) is 4.65. The van der Waals surface area contributed by atoms with Crippen molar-refractivity contribution in [1.29, 1.82) is 0 Å². The highest BCUT2D eigenvalue weighted by Gasteiger charge is 2.22. The minimum atomic E-state index is 0.504. The first-order chi connectivity index (χ1) is 8.28. The van der Waals surface area contributed by atoms with Gasteiger partial charge < -0.3 is 4.98 Å². The first-order valence-corrected chi connectivity index (χ1v) is 5.92. The molecule has 2 N–H and O–H groups in total. The summed E-state index contributed by atoms with van der Waals surface area (Å²) in [5.41, 5.74) is 1.81. The number of benzene rings is 1. The standard InChI is InChI=1S/C10H10BrN5O/c11-7-1-2-8-9(3-7)14-10(13-8)16-5-12-4-15(16)6-17/h1-3,6,12H,4-5H2,(H,13,14). The quantitative estimate of drug-likeness (QED) is 0.812. The second-order valence-electron chi connectivity index (χ2n) is 3.73. The van der Waals surface area contributed by atoms with Gasteiger partial charge in [0.1, 0.15) is 0 Å². The summed E-state index contributed by atoms with van der Waals surface area (Å²) in [5, 5.41) is 6.38. The zero-order valence-electron chi connectivity index (χ0n) is 8.85. The Morgan fingerprint density at radius 1 is 1.41 bits per heavy atom. The summed E-state index contributed by atoms with van der Waals surface area (Å²) in [4.78, 5) is 18.5. The van der Waals surface area contributed by atoms with E-state index in [1.807, 2.05) is 18.2 Å². The Kier molecular flexibility index (Phi) is 2.49. The van der Waals surface area contributed by atoms with Crippen LogP contribution in [0.4, 0.5) is 5.95 Å². The Labute approximate surface area is 106 Å². The van der Waals surface area contributed by atoms with Crippen LogP contribution < -0.4 is 10.3 Å². The molecule has 0 spiro atoms. The number of halogens is 1. The predicted octanol–water partition coefficient (Wildman–Crippen LogP) is 1.02. The summed E-state index contributed by atoms with van der Waals surface area (Å²) < 4.78 is 0.993. The summed E-state index contributed by atoms with van der Waals surface area (Å²) in [6, 6.07) is 5.82. The normalized spacial score (nSPS) is 15.8. The molecule has 2 heterocycles. The fourth-order valence-electron chi connectivity index (χ4n) is 1.83. The molecule has 88 valence electrons. The Balaban J connectivity index is 2.03. The highest BCUT2D eigenvalue weighted by atomic mass is 79.9. The molecule has 0 bridgehead atoms. The smallest absolute Gasteiger partial charge is 0.229 e. The van der Waals surface area contributed by atoms with Gasteiger partial charge in [-0.1, -0.05) is 15.9 Å². The number of fused-ring (bicyclic) bond motifs is 1. The average molecular weight is 296 g/mol. The van der Waals surface area contributed by atoms with Crippen LogP contribution in [0.5, 0.6) is 0 Å². The lowest BCUT2D eigenvalue weighted by atomic mass is 10.3. The Morgan fingerprint density at radius 3 is 3.12 bits per heavy atom. The number of hydrogen-bond donors (Lipinski definition) is 2. The monoisotopic (exact) mass is 295 g/mol. The van der Waals surface area contributed by atoms with Gasteiger partial charge in [-0.05, 0) is 18.2 Å². The van der Waals surface area contributed by atoms with Crippen molar-refractivity contribution in [3.05, 3.63) is 22.7 Å². The van der Waals surface area contributed by atoms with Crippen molar-refractivity contribution in [3.63, 3.8) is 0 Å². The predicted molar refractivity (Wildman–Crippen MR) is 67.0 cm³/mol. The molecule has 6 nitrogen and oxygen atoms in total. The largest absolute Gasteiger partial charge is 0.322 e. The maximum atomic E-state index is 10.9. The molecule has 1 aliphatic heterocycles. The fraction of sp³-hybridized carbons (Fsp3) is 0.200. The third kappa shape index (κ3) is 1.77. The van der Waals surface area contributed by atoms with Crippen molar-refractivity contribution in [2.45, 2.75) is 0 Å². The van der Waals surface area contributed by atoms with Crippen LogP contribution in [0.3, 0.4) is 0 Å². The Morgan fingerprint density at radius 2 is 2.29 bits per heavy atom. The lowest BCUT2D eigenvalue weighted by Gasteiger charge is -2.21. The van der Waals surface area contributed by atoms with E-state index in [1.165, 1.54) is 5.01 Å². The third-order valence-electron chi connectivity index (χ3n) is 2.64. The number of aromatic nitrogens is 2. The number of carbonyl (C=O) groups is 1. The van der Waals surface area contributed by atoms with E-state index in [-0.39, 0.29) is 0 Å². The lowest BCUT2D eigenvalue weighted by Crippen LogP contribution is -2.36. The molecule has 1 aliphatic rings. The van der Waals surface area contributed by atoms with Gasteiger partial charge in [-0.3, -0.25) is 10.1 Å². The molecule has 17 heavy (non-hydrogen) atoms. The van der Waals surface area contributed by atoms with Crippen LogP contribution in [0.2, 0.25) is 0 Å². The van der Waals surface area contributed by atoms with E-state index in [4.69, 9.17) is 0 Å². The maximum Gasteiger partial charge on any atom is 0.229 e. The van der Waals surface area contributed by atoms with Crippen molar-refractivity contribution in [1.82, 2.24) is 20.3 Å². The van der Waals surface area contributed by atoms with Crippen molar-refractivity contribution < 1.29 is 4.79 Å². The van der Waals surface area contributed by atoms with Crippen LogP contribution >= 0.6 is 15.9 Å². The Bertz CT molecular complexity index is 569. The molecule has 0 radical (unpaired) electrons. The molecule has 0 saturated carbocycles. The fourth-order valence-corrected chi connectivity index (χ4v) is 2.19. The molecule has 3 rings (SSSR count). The van der Waals surface area contributed by atoms with E-state index in [2.05, 4.69) is 31.2 Å². The van der Waals surface area contributed by atoms with E-state index in [0.717, 1.165) is 21.9 Å². The van der Waals surface area contributed by atoms with Gasteiger partial charge >= 0.3 is 0 Å². The zero-order valence-corrected chi connectivity index (χ0v) is 10.4. The van der Waals surface area contributed by atoms with Gasteiger partial charge in [0.25, 0.3) is 0 Å². The number of aromatic amines is 1. The van der Waals surface area contributed by atoms with Crippen molar-refractivity contribution in [3.8, 4) is 0 Å². The van der Waals surface area contributed by atoms with E-state index < -0.39 is 0 Å². The van der Waals surface area contributed by atoms with E-state index in [0.29, 0.717) is 19.3 Å². The summed E-state index contributed by atoms with van der Waals surface area (Å²) in [5.74, 6) is 0.662. The van der Waals surface area contributed by atoms with Crippen LogP contribution in [0, 0.1) is 0 Å². The number of rotatable bonds is 2. The molecular weight excluding hydrogens is 286 g/mol. The first kappa shape index (κ1) is 10.5. The zero-order chi connectivity index (χ0) is 11.8. The number of carbonyl (C=O) groups excluding carboxylic acids is 1. The van der Waals surface area contributed by atoms with Crippen molar-refractivity contribution >= 4 is 39.3 Å². The summed E-state index contributed by atoms with van der Waals surface area (Å²) in [7, 11) is 0. The van der Waals surface area contributed by atoms with Crippen LogP contribution in [-0.4, -0.2) is 34.7 Å². The number of imidazole rings is 1. The number of nitrogens with one attached hydrogen (secondary N) is 2. The van der Waals surface area contributed by atoms with Gasteiger partial charge in [-0.15, -0.1) is 0 Å². The number of H-pyrrole nitrogens is 1. The summed E-state index contributed by atoms with van der Waals surface area (Å²) in [6.45, 7) is 1.07. The van der Waals surface area contributed by atoms with E-state index in [9.17, 15) is 4.79 Å². The lowest BCUT2D eigenvalue weighted by molar-refractivity contribution is -0.117. The number of amides is 1. The molecule has 1 amide bonds. The topological polar surface area (TPSA) is 64.3 Å². The molecule has 1 aromatic carbocycles. The third-order valence-corrected chi connectivity index (χ3v) is 3.14. The van der Waals surface area contributed by atoms with Crippen molar-refractivity contribution in [2.24, 2.45) is 0 Å². The highest BCUT2D eigenvalue weighted by Crippen LogP contribution is 2.22. The van der Waals surface area contributed by atoms with Crippen LogP contribution in [0.1, 0.15) is 0 Å². The van der Waals surface area contributed by atoms with E-state index >= 15 is 0 Å². The van der Waals surface area contributed by atoms with Crippen LogP contribution in [-0.2, 0) is 4.79 Å². The molecular formula is C10H10BrN5O. The molecule has 0 atom stereocenters. The number of nitrogens with zero attached hydrogens (tertiary/aromatic N) is 3. The molecule has 0 unspecified atom stereocenters. The van der Waals surface area contributed by atoms with E-state index in [1.54, 1.807) is 5.01 Å². The van der Waals surface area contributed by atoms with Gasteiger partial charge in [0.05, 0.1) is 24.4 Å².